The maximum absolute atomic E-state index is 12.2. The van der Waals surface area contributed by atoms with Crippen LogP contribution >= 0.6 is 7.82 Å². The highest BCUT2D eigenvalue weighted by molar-refractivity contribution is 7.47. The number of nitrogens with two attached hydrogens (primary N) is 1. The first-order chi connectivity index (χ1) is 25.1. The van der Waals surface area contributed by atoms with Gasteiger partial charge in [-0.1, -0.05) is 169 Å². The Hall–Kier alpha value is -0.530. The van der Waals surface area contributed by atoms with E-state index in [0.29, 0.717) is 13.2 Å². The third-order valence-corrected chi connectivity index (χ3v) is 11.7. The van der Waals surface area contributed by atoms with Crippen molar-refractivity contribution in [1.29, 1.82) is 0 Å². The maximum atomic E-state index is 12.2. The highest BCUT2D eigenvalue weighted by Gasteiger charge is 2.23. The summed E-state index contributed by atoms with van der Waals surface area (Å²) < 4.78 is 34.4. The molecule has 6 atom stereocenters. The van der Waals surface area contributed by atoms with Crippen LogP contribution in [0.3, 0.4) is 0 Å². The molecule has 1 unspecified atom stereocenters. The number of allylic oxidation sites excluding steroid dienone is 2. The van der Waals surface area contributed by atoms with Gasteiger partial charge in [0.05, 0.1) is 33.0 Å². The molecule has 8 heteroatoms. The van der Waals surface area contributed by atoms with Crippen LogP contribution in [0.2, 0.25) is 0 Å². The predicted molar refractivity (Wildman–Crippen MR) is 228 cm³/mol. The molecule has 0 bridgehead atoms. The molecule has 0 heterocycles. The van der Waals surface area contributed by atoms with Crippen LogP contribution in [0.5, 0.6) is 0 Å². The van der Waals surface area contributed by atoms with Gasteiger partial charge in [0.15, 0.2) is 0 Å². The quantitative estimate of drug-likeness (QED) is 0.0368. The second kappa shape index (κ2) is 33.6. The van der Waals surface area contributed by atoms with Gasteiger partial charge < -0.3 is 20.1 Å². The average molecular weight is 772 g/mol. The normalized spacial score (nSPS) is 16.9. The second-order valence-corrected chi connectivity index (χ2v) is 19.1. The van der Waals surface area contributed by atoms with Crippen LogP contribution in [0.15, 0.2) is 23.3 Å². The van der Waals surface area contributed by atoms with Crippen molar-refractivity contribution in [2.75, 3.05) is 39.6 Å². The lowest BCUT2D eigenvalue weighted by Gasteiger charge is -2.19. The van der Waals surface area contributed by atoms with Gasteiger partial charge >= 0.3 is 7.82 Å². The Bertz CT molecular complexity index is 953. The van der Waals surface area contributed by atoms with Gasteiger partial charge in [-0.15, -0.1) is 0 Å². The fraction of sp³-hybridized carbons (Fsp3) is 0.911. The smallest absolute Gasteiger partial charge is 0.375 e. The Labute approximate surface area is 330 Å². The van der Waals surface area contributed by atoms with Gasteiger partial charge in [-0.25, -0.2) is 4.57 Å². The lowest BCUT2D eigenvalue weighted by Crippen LogP contribution is -2.26. The Kier molecular flexibility index (Phi) is 33.3. The Balaban J connectivity index is 4.55. The van der Waals surface area contributed by atoms with Crippen molar-refractivity contribution < 1.29 is 28.0 Å². The van der Waals surface area contributed by atoms with E-state index in [0.717, 1.165) is 48.3 Å². The van der Waals surface area contributed by atoms with Crippen molar-refractivity contribution in [3.63, 3.8) is 0 Å². The van der Waals surface area contributed by atoms with Crippen molar-refractivity contribution in [2.45, 2.75) is 191 Å². The van der Waals surface area contributed by atoms with Crippen molar-refractivity contribution in [1.82, 2.24) is 0 Å². The monoisotopic (exact) mass is 772 g/mol. The second-order valence-electron chi connectivity index (χ2n) is 17.7. The molecule has 0 saturated carbocycles. The fourth-order valence-electron chi connectivity index (χ4n) is 6.87. The number of ether oxygens (including phenoxy) is 2. The summed E-state index contributed by atoms with van der Waals surface area (Å²) in [5.74, 6) is 4.86. The molecular weight excluding hydrogens is 681 g/mol. The molecule has 0 aliphatic rings. The summed E-state index contributed by atoms with van der Waals surface area (Å²) in [4.78, 5) is 10.0. The van der Waals surface area contributed by atoms with E-state index in [1.54, 1.807) is 0 Å². The minimum absolute atomic E-state index is 0.0471. The highest BCUT2D eigenvalue weighted by Crippen LogP contribution is 2.43. The summed E-state index contributed by atoms with van der Waals surface area (Å²) in [7, 11) is -4.20. The zero-order valence-corrected chi connectivity index (χ0v) is 37.6. The van der Waals surface area contributed by atoms with E-state index in [2.05, 4.69) is 81.4 Å². The van der Waals surface area contributed by atoms with Crippen molar-refractivity contribution in [3.8, 4) is 0 Å². The summed E-state index contributed by atoms with van der Waals surface area (Å²) in [5, 5.41) is 0. The van der Waals surface area contributed by atoms with Crippen LogP contribution in [-0.4, -0.2) is 50.6 Å². The predicted octanol–water partition coefficient (Wildman–Crippen LogP) is 13.3. The zero-order valence-electron chi connectivity index (χ0n) is 36.7. The SMILES string of the molecule is C/C(=C\COC[C@H](COP(=O)(O)OCCN)OC/C=C(\C)CCC[C@H](C)CCC[C@H](C)CCCC(C)C)CCC[C@H](C)CCC[C@H](C)CCCC(C)C. The fourth-order valence-corrected chi connectivity index (χ4v) is 7.64. The third kappa shape index (κ3) is 35.6. The summed E-state index contributed by atoms with van der Waals surface area (Å²) in [5.41, 5.74) is 8.06. The van der Waals surface area contributed by atoms with E-state index < -0.39 is 13.9 Å². The van der Waals surface area contributed by atoms with Gasteiger partial charge in [-0.2, -0.15) is 0 Å². The molecule has 0 aromatic carbocycles. The number of hydrogen-bond acceptors (Lipinski definition) is 6. The highest BCUT2D eigenvalue weighted by atomic mass is 31.2. The number of phosphoric acid groups is 1. The molecule has 316 valence electrons. The van der Waals surface area contributed by atoms with E-state index in [1.807, 2.05) is 0 Å². The standard InChI is InChI=1S/C45H90NO6P/c1-37(2)17-11-19-39(5)21-13-23-41(7)25-15-27-43(9)29-32-49-35-45(36-52-53(47,48)51-34-31-46)50-33-30-44(10)28-16-26-42(8)24-14-22-40(6)20-12-18-38(3)4/h29-30,37-42,45H,11-28,31-36,46H2,1-10H3,(H,47,48)/b43-29+,44-30+/t39-,40-,41-,42-,45-/m1/s1. The number of hydrogen-bond donors (Lipinski definition) is 2. The van der Waals surface area contributed by atoms with Crippen LogP contribution in [0, 0.1) is 35.5 Å². The number of phosphoric ester groups is 1. The van der Waals surface area contributed by atoms with Gasteiger partial charge in [-0.3, -0.25) is 9.05 Å². The molecule has 7 nitrogen and oxygen atoms in total. The lowest BCUT2D eigenvalue weighted by molar-refractivity contribution is -0.0284. The third-order valence-electron chi connectivity index (χ3n) is 10.7. The molecule has 0 radical (unpaired) electrons. The molecule has 3 N–H and O–H groups in total. The van der Waals surface area contributed by atoms with Gasteiger partial charge in [0, 0.05) is 6.54 Å². The number of rotatable bonds is 37. The van der Waals surface area contributed by atoms with Gasteiger partial charge in [0.1, 0.15) is 6.10 Å². The van der Waals surface area contributed by atoms with Gasteiger partial charge in [0.2, 0.25) is 0 Å². The van der Waals surface area contributed by atoms with E-state index in [4.69, 9.17) is 24.3 Å². The van der Waals surface area contributed by atoms with Gasteiger partial charge in [0.25, 0.3) is 0 Å². The molecule has 0 saturated heterocycles. The largest absolute Gasteiger partial charge is 0.472 e. The summed E-state index contributed by atoms with van der Waals surface area (Å²) in [6, 6.07) is 0. The van der Waals surface area contributed by atoms with Crippen molar-refractivity contribution >= 4 is 7.82 Å². The molecular formula is C45H90NO6P. The first-order valence-corrected chi connectivity index (χ1v) is 23.4. The van der Waals surface area contributed by atoms with Crippen molar-refractivity contribution in [2.24, 2.45) is 41.2 Å². The molecule has 0 spiro atoms. The Morgan fingerprint density at radius 1 is 0.585 bits per heavy atom. The van der Waals surface area contributed by atoms with Crippen LogP contribution in [-0.2, 0) is 23.1 Å². The first kappa shape index (κ1) is 52.5. The van der Waals surface area contributed by atoms with Gasteiger partial charge in [-0.05, 0) is 75.0 Å². The summed E-state index contributed by atoms with van der Waals surface area (Å²) >= 11 is 0. The van der Waals surface area contributed by atoms with Crippen LogP contribution in [0.25, 0.3) is 0 Å². The Morgan fingerprint density at radius 2 is 0.981 bits per heavy atom. The van der Waals surface area contributed by atoms with E-state index in [1.165, 1.54) is 114 Å². The van der Waals surface area contributed by atoms with Crippen LogP contribution in [0.1, 0.15) is 185 Å². The molecule has 0 rings (SSSR count). The molecule has 53 heavy (non-hydrogen) atoms. The summed E-state index contributed by atoms with van der Waals surface area (Å²) in [6.07, 6.45) is 27.0. The molecule has 0 amide bonds. The topological polar surface area (TPSA) is 100 Å². The average Bonchev–Trinajstić information content (AvgIpc) is 3.07. The maximum Gasteiger partial charge on any atom is 0.472 e. The molecule has 0 aliphatic carbocycles. The molecule has 0 aromatic rings. The first-order valence-electron chi connectivity index (χ1n) is 22.0. The van der Waals surface area contributed by atoms with Crippen LogP contribution in [0.4, 0.5) is 0 Å². The molecule has 0 aromatic heterocycles. The van der Waals surface area contributed by atoms with E-state index >= 15 is 0 Å². The zero-order chi connectivity index (χ0) is 39.9. The molecule has 0 aliphatic heterocycles. The van der Waals surface area contributed by atoms with E-state index in [-0.39, 0.29) is 26.4 Å². The molecule has 0 fully saturated rings. The summed E-state index contributed by atoms with van der Waals surface area (Å²) in [6.45, 7) is 24.4. The van der Waals surface area contributed by atoms with Crippen LogP contribution < -0.4 is 5.73 Å². The van der Waals surface area contributed by atoms with E-state index in [9.17, 15) is 9.46 Å². The minimum Gasteiger partial charge on any atom is -0.375 e. The lowest BCUT2D eigenvalue weighted by atomic mass is 9.91. The minimum atomic E-state index is -4.20. The van der Waals surface area contributed by atoms with Crippen molar-refractivity contribution in [3.05, 3.63) is 23.3 Å². The Morgan fingerprint density at radius 3 is 1.40 bits per heavy atom.